The van der Waals surface area contributed by atoms with E-state index in [2.05, 4.69) is 10.3 Å². The number of rotatable bonds is 6. The highest BCUT2D eigenvalue weighted by Crippen LogP contribution is 2.40. The molecule has 1 aromatic heterocycles. The van der Waals surface area contributed by atoms with Crippen molar-refractivity contribution in [2.75, 3.05) is 5.32 Å². The molecule has 1 heterocycles. The van der Waals surface area contributed by atoms with Crippen LogP contribution < -0.4 is 5.32 Å². The van der Waals surface area contributed by atoms with Crippen molar-refractivity contribution >= 4 is 33.8 Å². The quantitative estimate of drug-likeness (QED) is 0.289. The molecule has 0 unspecified atom stereocenters. The number of para-hydroxylation sites is 1. The van der Waals surface area contributed by atoms with Crippen LogP contribution in [-0.4, -0.2) is 20.7 Å². The molecule has 0 spiro atoms. The molecule has 33 heavy (non-hydrogen) atoms. The summed E-state index contributed by atoms with van der Waals surface area (Å²) in [7, 11) is 0. The maximum absolute atomic E-state index is 13.4. The number of halogens is 1. The first kappa shape index (κ1) is 21.7. The second-order valence-corrected chi connectivity index (χ2v) is 7.74. The summed E-state index contributed by atoms with van der Waals surface area (Å²) >= 11 is 1.09. The van der Waals surface area contributed by atoms with E-state index in [0.717, 1.165) is 11.3 Å². The van der Waals surface area contributed by atoms with Crippen molar-refractivity contribution in [3.8, 4) is 21.7 Å². The van der Waals surface area contributed by atoms with Gasteiger partial charge in [-0.2, -0.15) is 0 Å². The molecule has 0 aliphatic rings. The van der Waals surface area contributed by atoms with Crippen LogP contribution in [0, 0.1) is 26.0 Å². The van der Waals surface area contributed by atoms with E-state index in [9.17, 15) is 29.4 Å². The molecule has 4 rings (SSSR count). The van der Waals surface area contributed by atoms with Crippen molar-refractivity contribution < 1.29 is 19.0 Å². The number of carbonyl (C=O) groups is 1. The Kier molecular flexibility index (Phi) is 5.87. The van der Waals surface area contributed by atoms with Gasteiger partial charge in [0, 0.05) is 23.8 Å². The maximum atomic E-state index is 13.4. The lowest BCUT2D eigenvalue weighted by molar-refractivity contribution is -0.385. The van der Waals surface area contributed by atoms with Gasteiger partial charge in [0.1, 0.15) is 11.4 Å². The number of hydrogen-bond acceptors (Lipinski definition) is 7. The predicted molar refractivity (Wildman–Crippen MR) is 121 cm³/mol. The zero-order chi connectivity index (χ0) is 23.5. The minimum Gasteiger partial charge on any atom is -0.298 e. The molecule has 1 N–H and O–H groups in total. The van der Waals surface area contributed by atoms with E-state index in [0.29, 0.717) is 21.7 Å². The van der Waals surface area contributed by atoms with Gasteiger partial charge in [-0.05, 0) is 48.0 Å². The van der Waals surface area contributed by atoms with E-state index in [1.807, 2.05) is 0 Å². The van der Waals surface area contributed by atoms with Crippen LogP contribution in [0.1, 0.15) is 10.4 Å². The van der Waals surface area contributed by atoms with Gasteiger partial charge >= 0.3 is 0 Å². The number of nitro groups is 2. The van der Waals surface area contributed by atoms with Crippen molar-refractivity contribution in [3.05, 3.63) is 104 Å². The van der Waals surface area contributed by atoms with E-state index in [4.69, 9.17) is 0 Å². The second kappa shape index (κ2) is 8.93. The molecule has 9 nitrogen and oxygen atoms in total. The van der Waals surface area contributed by atoms with Gasteiger partial charge in [-0.3, -0.25) is 30.3 Å². The van der Waals surface area contributed by atoms with Gasteiger partial charge < -0.3 is 0 Å². The monoisotopic (exact) mass is 464 g/mol. The summed E-state index contributed by atoms with van der Waals surface area (Å²) in [6, 6.07) is 16.9. The average Bonchev–Trinajstić information content (AvgIpc) is 3.23. The number of non-ortho nitro benzene ring substituents is 1. The topological polar surface area (TPSA) is 128 Å². The predicted octanol–water partition coefficient (Wildman–Crippen LogP) is 5.68. The van der Waals surface area contributed by atoms with Crippen molar-refractivity contribution in [1.82, 2.24) is 4.98 Å². The summed E-state index contributed by atoms with van der Waals surface area (Å²) in [4.78, 5) is 38.8. The summed E-state index contributed by atoms with van der Waals surface area (Å²) in [5.41, 5.74) is 1.03. The second-order valence-electron chi connectivity index (χ2n) is 6.74. The largest absolute Gasteiger partial charge is 0.298 e. The summed E-state index contributed by atoms with van der Waals surface area (Å²) < 4.78 is 13.4. The molecule has 0 radical (unpaired) electrons. The Labute approximate surface area is 189 Å². The molecule has 0 atom stereocenters. The molecule has 0 saturated carbocycles. The number of nitro benzene ring substituents is 2. The maximum Gasteiger partial charge on any atom is 0.282 e. The first-order valence-electron chi connectivity index (χ1n) is 9.40. The molecule has 3 aromatic carbocycles. The SMILES string of the molecule is O=C(Nc1nc(-c2ccc(F)cc2)c(-c2ccc([N+](=O)[O-])cc2)s1)c1ccccc1[N+](=O)[O-]. The fourth-order valence-corrected chi connectivity index (χ4v) is 4.08. The Hall–Kier alpha value is -4.51. The van der Waals surface area contributed by atoms with E-state index >= 15 is 0 Å². The minimum atomic E-state index is -0.711. The third-order valence-electron chi connectivity index (χ3n) is 4.65. The van der Waals surface area contributed by atoms with Gasteiger partial charge in [0.2, 0.25) is 0 Å². The van der Waals surface area contributed by atoms with Gasteiger partial charge in [-0.15, -0.1) is 0 Å². The van der Waals surface area contributed by atoms with Crippen LogP contribution in [0.2, 0.25) is 0 Å². The summed E-state index contributed by atoms with van der Waals surface area (Å²) in [6.07, 6.45) is 0. The number of thiazole rings is 1. The molecule has 1 amide bonds. The van der Waals surface area contributed by atoms with E-state index < -0.39 is 21.6 Å². The van der Waals surface area contributed by atoms with E-state index in [1.165, 1.54) is 60.7 Å². The number of nitrogens with one attached hydrogen (secondary N) is 1. The molecule has 0 fully saturated rings. The molecule has 0 aliphatic carbocycles. The molecule has 164 valence electrons. The van der Waals surface area contributed by atoms with Gasteiger partial charge in [0.05, 0.1) is 20.4 Å². The molecule has 0 aliphatic heterocycles. The summed E-state index contributed by atoms with van der Waals surface area (Å²) in [6.45, 7) is 0. The summed E-state index contributed by atoms with van der Waals surface area (Å²) in [5.74, 6) is -1.15. The number of carbonyl (C=O) groups excluding carboxylic acids is 1. The lowest BCUT2D eigenvalue weighted by Gasteiger charge is -2.03. The number of hydrogen-bond donors (Lipinski definition) is 1. The Morgan fingerprint density at radius 1 is 0.879 bits per heavy atom. The highest BCUT2D eigenvalue weighted by Gasteiger charge is 2.22. The molecule has 0 saturated heterocycles. The normalized spacial score (nSPS) is 10.6. The number of amides is 1. The van der Waals surface area contributed by atoms with Crippen LogP contribution in [0.4, 0.5) is 20.9 Å². The zero-order valence-corrected chi connectivity index (χ0v) is 17.4. The smallest absolute Gasteiger partial charge is 0.282 e. The fraction of sp³-hybridized carbons (Fsp3) is 0. The molecular formula is C22H13FN4O5S. The van der Waals surface area contributed by atoms with Crippen LogP contribution in [0.5, 0.6) is 0 Å². The Morgan fingerprint density at radius 3 is 2.15 bits per heavy atom. The van der Waals surface area contributed by atoms with Gasteiger partial charge in [0.25, 0.3) is 17.3 Å². The minimum absolute atomic E-state index is 0.0866. The highest BCUT2D eigenvalue weighted by molar-refractivity contribution is 7.19. The molecule has 11 heteroatoms. The fourth-order valence-electron chi connectivity index (χ4n) is 3.10. The molecule has 0 bridgehead atoms. The van der Waals surface area contributed by atoms with Crippen LogP contribution >= 0.6 is 11.3 Å². The van der Waals surface area contributed by atoms with Crippen LogP contribution in [0.3, 0.4) is 0 Å². The van der Waals surface area contributed by atoms with Crippen LogP contribution in [0.25, 0.3) is 21.7 Å². The Balaban J connectivity index is 1.75. The van der Waals surface area contributed by atoms with Gasteiger partial charge in [0.15, 0.2) is 5.13 Å². The third-order valence-corrected chi connectivity index (χ3v) is 5.67. The molecule has 4 aromatic rings. The summed E-state index contributed by atoms with van der Waals surface area (Å²) in [5, 5.41) is 24.9. The first-order chi connectivity index (χ1) is 15.8. The van der Waals surface area contributed by atoms with Crippen molar-refractivity contribution in [3.63, 3.8) is 0 Å². The Morgan fingerprint density at radius 2 is 1.52 bits per heavy atom. The van der Waals surface area contributed by atoms with Crippen molar-refractivity contribution in [1.29, 1.82) is 0 Å². The number of benzene rings is 3. The lowest BCUT2D eigenvalue weighted by Crippen LogP contribution is -2.13. The van der Waals surface area contributed by atoms with Crippen LogP contribution in [-0.2, 0) is 0 Å². The van der Waals surface area contributed by atoms with Gasteiger partial charge in [-0.25, -0.2) is 9.37 Å². The lowest BCUT2D eigenvalue weighted by atomic mass is 10.1. The van der Waals surface area contributed by atoms with Crippen molar-refractivity contribution in [2.24, 2.45) is 0 Å². The van der Waals surface area contributed by atoms with Crippen molar-refractivity contribution in [2.45, 2.75) is 0 Å². The number of anilines is 1. The number of nitrogens with zero attached hydrogens (tertiary/aromatic N) is 3. The van der Waals surface area contributed by atoms with E-state index in [-0.39, 0.29) is 22.1 Å². The first-order valence-corrected chi connectivity index (χ1v) is 10.2. The highest BCUT2D eigenvalue weighted by atomic mass is 32.1. The van der Waals surface area contributed by atoms with Gasteiger partial charge in [-0.1, -0.05) is 23.5 Å². The standard InChI is InChI=1S/C22H13FN4O5S/c23-15-9-5-13(6-10-15)19-20(14-7-11-16(12-8-14)26(29)30)33-22(24-19)25-21(28)17-3-1-2-4-18(17)27(31)32/h1-12H,(H,24,25,28). The van der Waals surface area contributed by atoms with E-state index in [1.54, 1.807) is 12.1 Å². The number of aromatic nitrogens is 1. The zero-order valence-electron chi connectivity index (χ0n) is 16.6. The van der Waals surface area contributed by atoms with Crippen LogP contribution in [0.15, 0.2) is 72.8 Å². The average molecular weight is 464 g/mol. The molecular weight excluding hydrogens is 451 g/mol. The Bertz CT molecular complexity index is 1370. The third kappa shape index (κ3) is 4.57.